The standard InChI is InChI=1S/C23H27N3O2/c1-16-19(17(2)26-22(28)20(16)14-24)10-11-21(27)25-15-23(12-6-7-13-23)18-8-4-3-5-9-18/h3-5,8-9H,6-7,10-13,15H2,1-2H3,(H,25,27)(H,26,28). The Bertz CT molecular complexity index is 948. The predicted octanol–water partition coefficient (Wildman–Crippen LogP) is 3.42. The summed E-state index contributed by atoms with van der Waals surface area (Å²) in [5.74, 6) is 0.00529. The Balaban J connectivity index is 1.66. The lowest BCUT2D eigenvalue weighted by molar-refractivity contribution is -0.121. The van der Waals surface area contributed by atoms with Gasteiger partial charge in [0.15, 0.2) is 0 Å². The molecule has 2 N–H and O–H groups in total. The first kappa shape index (κ1) is 19.9. The Kier molecular flexibility index (Phi) is 5.99. The summed E-state index contributed by atoms with van der Waals surface area (Å²) in [5.41, 5.74) is 3.39. The van der Waals surface area contributed by atoms with Gasteiger partial charge >= 0.3 is 0 Å². The number of amides is 1. The number of carbonyl (C=O) groups is 1. The van der Waals surface area contributed by atoms with Crippen LogP contribution in [0.1, 0.15) is 60.1 Å². The largest absolute Gasteiger partial charge is 0.355 e. The van der Waals surface area contributed by atoms with Crippen LogP contribution >= 0.6 is 0 Å². The van der Waals surface area contributed by atoms with Crippen molar-refractivity contribution in [2.24, 2.45) is 0 Å². The van der Waals surface area contributed by atoms with E-state index in [0.29, 0.717) is 24.9 Å². The lowest BCUT2D eigenvalue weighted by atomic mass is 9.79. The van der Waals surface area contributed by atoms with Gasteiger partial charge in [-0.05, 0) is 49.8 Å². The summed E-state index contributed by atoms with van der Waals surface area (Å²) in [6.45, 7) is 4.24. The summed E-state index contributed by atoms with van der Waals surface area (Å²) in [4.78, 5) is 27.1. The van der Waals surface area contributed by atoms with E-state index in [-0.39, 0.29) is 22.4 Å². The van der Waals surface area contributed by atoms with Crippen molar-refractivity contribution in [2.45, 2.75) is 57.8 Å². The number of aromatic nitrogens is 1. The average molecular weight is 377 g/mol. The van der Waals surface area contributed by atoms with Crippen LogP contribution in [0.4, 0.5) is 0 Å². The van der Waals surface area contributed by atoms with Gasteiger partial charge in [-0.15, -0.1) is 0 Å². The number of aryl methyl sites for hydroxylation is 1. The van der Waals surface area contributed by atoms with E-state index in [1.54, 1.807) is 6.92 Å². The Hall–Kier alpha value is -2.87. The monoisotopic (exact) mass is 377 g/mol. The zero-order chi connectivity index (χ0) is 20.1. The highest BCUT2D eigenvalue weighted by Crippen LogP contribution is 2.40. The van der Waals surface area contributed by atoms with E-state index in [1.807, 2.05) is 19.1 Å². The average Bonchev–Trinajstić information content (AvgIpc) is 3.17. The van der Waals surface area contributed by atoms with Crippen LogP contribution in [0.25, 0.3) is 0 Å². The van der Waals surface area contributed by atoms with Gasteiger partial charge in [0.1, 0.15) is 11.6 Å². The van der Waals surface area contributed by atoms with E-state index in [1.165, 1.54) is 18.4 Å². The molecule has 1 aromatic heterocycles. The Labute approximate surface area is 165 Å². The highest BCUT2D eigenvalue weighted by molar-refractivity contribution is 5.76. The quantitative estimate of drug-likeness (QED) is 0.809. The zero-order valence-corrected chi connectivity index (χ0v) is 16.6. The van der Waals surface area contributed by atoms with Crippen molar-refractivity contribution < 1.29 is 4.79 Å². The second-order valence-electron chi connectivity index (χ2n) is 7.80. The first-order valence-electron chi connectivity index (χ1n) is 9.91. The number of pyridine rings is 1. The van der Waals surface area contributed by atoms with Gasteiger partial charge < -0.3 is 10.3 Å². The number of nitriles is 1. The fourth-order valence-electron chi connectivity index (χ4n) is 4.43. The number of aromatic amines is 1. The third-order valence-corrected chi connectivity index (χ3v) is 6.09. The number of nitrogens with zero attached hydrogens (tertiary/aromatic N) is 1. The molecular formula is C23H27N3O2. The van der Waals surface area contributed by atoms with Crippen LogP contribution in [0.3, 0.4) is 0 Å². The molecule has 1 aliphatic carbocycles. The highest BCUT2D eigenvalue weighted by atomic mass is 16.1. The summed E-state index contributed by atoms with van der Waals surface area (Å²) in [6, 6.07) is 12.4. The van der Waals surface area contributed by atoms with Crippen LogP contribution in [-0.4, -0.2) is 17.4 Å². The third kappa shape index (κ3) is 4.01. The molecule has 0 spiro atoms. The number of rotatable bonds is 6. The number of hydrogen-bond donors (Lipinski definition) is 2. The van der Waals surface area contributed by atoms with Crippen LogP contribution in [0.5, 0.6) is 0 Å². The first-order chi connectivity index (χ1) is 13.5. The molecule has 2 aromatic rings. The van der Waals surface area contributed by atoms with Crippen molar-refractivity contribution in [3.05, 3.63) is 68.6 Å². The van der Waals surface area contributed by atoms with Crippen LogP contribution in [0, 0.1) is 25.2 Å². The summed E-state index contributed by atoms with van der Waals surface area (Å²) < 4.78 is 0. The van der Waals surface area contributed by atoms with Crippen molar-refractivity contribution in [1.29, 1.82) is 5.26 Å². The molecule has 1 aliphatic rings. The minimum atomic E-state index is -0.364. The molecule has 5 heteroatoms. The zero-order valence-electron chi connectivity index (χ0n) is 16.6. The van der Waals surface area contributed by atoms with Crippen molar-refractivity contribution in [3.8, 4) is 6.07 Å². The molecule has 1 aromatic carbocycles. The van der Waals surface area contributed by atoms with Gasteiger partial charge in [-0.25, -0.2) is 0 Å². The normalized spacial score (nSPS) is 15.2. The van der Waals surface area contributed by atoms with Gasteiger partial charge in [0, 0.05) is 24.1 Å². The molecule has 5 nitrogen and oxygen atoms in total. The van der Waals surface area contributed by atoms with E-state index in [4.69, 9.17) is 0 Å². The maximum absolute atomic E-state index is 12.5. The highest BCUT2D eigenvalue weighted by Gasteiger charge is 2.35. The fraction of sp³-hybridized carbons (Fsp3) is 0.435. The van der Waals surface area contributed by atoms with Gasteiger partial charge in [-0.2, -0.15) is 5.26 Å². The van der Waals surface area contributed by atoms with E-state index >= 15 is 0 Å². The van der Waals surface area contributed by atoms with Gasteiger partial charge in [0.05, 0.1) is 0 Å². The van der Waals surface area contributed by atoms with E-state index in [9.17, 15) is 14.9 Å². The van der Waals surface area contributed by atoms with E-state index in [2.05, 4.69) is 34.6 Å². The second-order valence-corrected chi connectivity index (χ2v) is 7.80. The van der Waals surface area contributed by atoms with Crippen LogP contribution in [0.15, 0.2) is 35.1 Å². The first-order valence-corrected chi connectivity index (χ1v) is 9.91. The van der Waals surface area contributed by atoms with E-state index < -0.39 is 0 Å². The molecule has 3 rings (SSSR count). The molecule has 146 valence electrons. The van der Waals surface area contributed by atoms with Crippen LogP contribution in [-0.2, 0) is 16.6 Å². The lowest BCUT2D eigenvalue weighted by Gasteiger charge is -2.30. The van der Waals surface area contributed by atoms with Gasteiger partial charge in [0.25, 0.3) is 5.56 Å². The fourth-order valence-corrected chi connectivity index (χ4v) is 4.43. The molecule has 1 amide bonds. The van der Waals surface area contributed by atoms with Crippen molar-refractivity contribution >= 4 is 5.91 Å². The molecule has 0 saturated heterocycles. The molecule has 28 heavy (non-hydrogen) atoms. The maximum atomic E-state index is 12.5. The number of H-pyrrole nitrogens is 1. The minimum Gasteiger partial charge on any atom is -0.355 e. The van der Waals surface area contributed by atoms with Crippen molar-refractivity contribution in [1.82, 2.24) is 10.3 Å². The summed E-state index contributed by atoms with van der Waals surface area (Å²) in [7, 11) is 0. The molecular weight excluding hydrogens is 350 g/mol. The molecule has 1 heterocycles. The van der Waals surface area contributed by atoms with Gasteiger partial charge in [-0.1, -0.05) is 43.2 Å². The summed E-state index contributed by atoms with van der Waals surface area (Å²) in [5, 5.41) is 12.3. The summed E-state index contributed by atoms with van der Waals surface area (Å²) >= 11 is 0. The molecule has 0 unspecified atom stereocenters. The minimum absolute atomic E-state index is 0.00529. The molecule has 0 atom stereocenters. The molecule has 1 fully saturated rings. The Morgan fingerprint density at radius 3 is 2.54 bits per heavy atom. The topological polar surface area (TPSA) is 85.8 Å². The summed E-state index contributed by atoms with van der Waals surface area (Å²) in [6.07, 6.45) is 5.42. The molecule has 0 bridgehead atoms. The number of hydrogen-bond acceptors (Lipinski definition) is 3. The third-order valence-electron chi connectivity index (χ3n) is 6.09. The molecule has 1 saturated carbocycles. The molecule has 0 radical (unpaired) electrons. The Morgan fingerprint density at radius 1 is 1.21 bits per heavy atom. The SMILES string of the molecule is Cc1[nH]c(=O)c(C#N)c(C)c1CCC(=O)NCC1(c2ccccc2)CCCC1. The molecule has 0 aliphatic heterocycles. The number of nitrogens with one attached hydrogen (secondary N) is 2. The van der Waals surface area contributed by atoms with Crippen molar-refractivity contribution in [3.63, 3.8) is 0 Å². The number of benzene rings is 1. The second kappa shape index (κ2) is 8.43. The van der Waals surface area contributed by atoms with E-state index in [0.717, 1.165) is 24.1 Å². The van der Waals surface area contributed by atoms with Crippen LogP contribution < -0.4 is 10.9 Å². The lowest BCUT2D eigenvalue weighted by Crippen LogP contribution is -2.39. The van der Waals surface area contributed by atoms with Crippen LogP contribution in [0.2, 0.25) is 0 Å². The van der Waals surface area contributed by atoms with Gasteiger partial charge in [0.2, 0.25) is 5.91 Å². The van der Waals surface area contributed by atoms with Crippen molar-refractivity contribution in [2.75, 3.05) is 6.54 Å². The number of carbonyl (C=O) groups excluding carboxylic acids is 1. The maximum Gasteiger partial charge on any atom is 0.266 e. The predicted molar refractivity (Wildman–Crippen MR) is 109 cm³/mol. The van der Waals surface area contributed by atoms with Gasteiger partial charge in [-0.3, -0.25) is 9.59 Å². The Morgan fingerprint density at radius 2 is 1.89 bits per heavy atom. The smallest absolute Gasteiger partial charge is 0.266 e.